The van der Waals surface area contributed by atoms with E-state index in [0.717, 1.165) is 36.2 Å². The molecule has 0 saturated carbocycles. The van der Waals surface area contributed by atoms with Gasteiger partial charge in [0.1, 0.15) is 0 Å². The lowest BCUT2D eigenvalue weighted by Crippen LogP contribution is -2.01. The van der Waals surface area contributed by atoms with Gasteiger partial charge in [-0.2, -0.15) is 0 Å². The first kappa shape index (κ1) is 8.68. The molecule has 75 valence electrons. The van der Waals surface area contributed by atoms with Gasteiger partial charge >= 0.3 is 0 Å². The molecule has 1 aromatic carbocycles. The fourth-order valence-electron chi connectivity index (χ4n) is 1.83. The van der Waals surface area contributed by atoms with Crippen LogP contribution in [0.25, 0.3) is 10.9 Å². The van der Waals surface area contributed by atoms with Crippen LogP contribution >= 0.6 is 0 Å². The summed E-state index contributed by atoms with van der Waals surface area (Å²) >= 11 is 0. The maximum atomic E-state index is 5.25. The second kappa shape index (κ2) is 3.51. The van der Waals surface area contributed by atoms with Crippen molar-refractivity contribution in [1.29, 1.82) is 0 Å². The summed E-state index contributed by atoms with van der Waals surface area (Å²) in [4.78, 5) is 9.76. The molecule has 0 fully saturated rings. The van der Waals surface area contributed by atoms with Gasteiger partial charge in [-0.1, -0.05) is 12.1 Å². The molecule has 3 heteroatoms. The van der Waals surface area contributed by atoms with Gasteiger partial charge in [-0.15, -0.1) is 0 Å². The minimum atomic E-state index is 0.735. The van der Waals surface area contributed by atoms with Gasteiger partial charge in [0.2, 0.25) is 0 Å². The Morgan fingerprint density at radius 2 is 2.47 bits per heavy atom. The lowest BCUT2D eigenvalue weighted by atomic mass is 10.1. The molecule has 0 saturated heterocycles. The van der Waals surface area contributed by atoms with Crippen molar-refractivity contribution in [1.82, 2.24) is 4.98 Å². The van der Waals surface area contributed by atoms with Crippen LogP contribution in [-0.4, -0.2) is 11.6 Å². The van der Waals surface area contributed by atoms with Crippen LogP contribution in [0.1, 0.15) is 12.0 Å². The minimum absolute atomic E-state index is 0.735. The Kier molecular flexibility index (Phi) is 2.03. The smallest absolute Gasteiger partial charge is 0.153 e. The molecule has 0 amide bonds. The quantitative estimate of drug-likeness (QED) is 0.707. The second-order valence-corrected chi connectivity index (χ2v) is 3.67. The number of hydrogen-bond acceptors (Lipinski definition) is 3. The molecule has 0 unspecified atom stereocenters. The van der Waals surface area contributed by atoms with Gasteiger partial charge < -0.3 is 0 Å². The molecular weight excluding hydrogens is 188 g/mol. The highest BCUT2D eigenvalue weighted by molar-refractivity contribution is 5.81. The third kappa shape index (κ3) is 1.55. The van der Waals surface area contributed by atoms with Gasteiger partial charge in [0.15, 0.2) is 5.82 Å². The molecule has 0 bridgehead atoms. The van der Waals surface area contributed by atoms with E-state index in [4.69, 9.17) is 4.84 Å². The van der Waals surface area contributed by atoms with Crippen molar-refractivity contribution in [2.45, 2.75) is 12.8 Å². The maximum Gasteiger partial charge on any atom is 0.153 e. The number of aryl methyl sites for hydroxylation is 1. The molecule has 0 atom stereocenters. The van der Waals surface area contributed by atoms with Crippen LogP contribution in [-0.2, 0) is 11.3 Å². The number of rotatable bonds is 0. The van der Waals surface area contributed by atoms with E-state index in [1.165, 1.54) is 5.56 Å². The second-order valence-electron chi connectivity index (χ2n) is 3.67. The molecule has 1 N–H and O–H groups in total. The molecule has 1 aromatic heterocycles. The highest BCUT2D eigenvalue weighted by Crippen LogP contribution is 2.23. The van der Waals surface area contributed by atoms with E-state index in [0.29, 0.717) is 0 Å². The number of aromatic nitrogens is 1. The maximum absolute atomic E-state index is 5.25. The van der Waals surface area contributed by atoms with Crippen molar-refractivity contribution in [3.8, 4) is 0 Å². The van der Waals surface area contributed by atoms with Gasteiger partial charge in [0, 0.05) is 5.39 Å². The molecule has 2 aromatic rings. The first-order chi connectivity index (χ1) is 7.43. The number of benzene rings is 1. The van der Waals surface area contributed by atoms with Gasteiger partial charge in [-0.3, -0.25) is 4.84 Å². The molecule has 1 radical (unpaired) electrons. The van der Waals surface area contributed by atoms with Crippen LogP contribution in [0.15, 0.2) is 24.3 Å². The van der Waals surface area contributed by atoms with Crippen molar-refractivity contribution < 1.29 is 4.84 Å². The van der Waals surface area contributed by atoms with Crippen molar-refractivity contribution in [2.24, 2.45) is 0 Å². The molecular formula is C12H11N2O. The number of nitrogens with zero attached hydrogens (tertiary/aromatic N) is 1. The number of fused-ring (bicyclic) bond motifs is 2. The minimum Gasteiger partial charge on any atom is -0.275 e. The van der Waals surface area contributed by atoms with E-state index in [1.807, 2.05) is 18.2 Å². The monoisotopic (exact) mass is 199 g/mol. The van der Waals surface area contributed by atoms with Crippen LogP contribution in [0.4, 0.5) is 5.82 Å². The van der Waals surface area contributed by atoms with Crippen LogP contribution in [0.3, 0.4) is 0 Å². The highest BCUT2D eigenvalue weighted by Gasteiger charge is 2.09. The third-order valence-corrected chi connectivity index (χ3v) is 2.60. The van der Waals surface area contributed by atoms with Crippen molar-refractivity contribution in [3.63, 3.8) is 0 Å². The highest BCUT2D eigenvalue weighted by atomic mass is 16.6. The van der Waals surface area contributed by atoms with Crippen LogP contribution < -0.4 is 5.48 Å². The summed E-state index contributed by atoms with van der Waals surface area (Å²) in [6.07, 6.45) is 2.05. The van der Waals surface area contributed by atoms with E-state index in [2.05, 4.69) is 22.6 Å². The number of pyridine rings is 1. The number of nitrogens with one attached hydrogen (secondary N) is 1. The Morgan fingerprint density at radius 1 is 1.47 bits per heavy atom. The van der Waals surface area contributed by atoms with E-state index in [1.54, 1.807) is 0 Å². The van der Waals surface area contributed by atoms with Crippen molar-refractivity contribution >= 4 is 16.7 Å². The predicted octanol–water partition coefficient (Wildman–Crippen LogP) is 2.32. The van der Waals surface area contributed by atoms with E-state index in [9.17, 15) is 0 Å². The molecule has 1 aliphatic rings. The third-order valence-electron chi connectivity index (χ3n) is 2.60. The molecule has 0 aliphatic carbocycles. The molecule has 3 nitrogen and oxygen atoms in total. The van der Waals surface area contributed by atoms with E-state index in [-0.39, 0.29) is 0 Å². The summed E-state index contributed by atoms with van der Waals surface area (Å²) in [5.41, 5.74) is 5.07. The van der Waals surface area contributed by atoms with Crippen molar-refractivity contribution in [3.05, 3.63) is 35.9 Å². The van der Waals surface area contributed by atoms with Crippen LogP contribution in [0.2, 0.25) is 0 Å². The van der Waals surface area contributed by atoms with Gasteiger partial charge in [-0.25, -0.2) is 10.5 Å². The summed E-state index contributed by atoms with van der Waals surface area (Å²) in [7, 11) is 0. The summed E-state index contributed by atoms with van der Waals surface area (Å²) in [5, 5.41) is 1.16. The fourth-order valence-corrected chi connectivity index (χ4v) is 1.83. The summed E-state index contributed by atoms with van der Waals surface area (Å²) < 4.78 is 0. The Hall–Kier alpha value is -1.61. The topological polar surface area (TPSA) is 34.2 Å². The average molecular weight is 199 g/mol. The van der Waals surface area contributed by atoms with E-state index < -0.39 is 0 Å². The number of anilines is 1. The summed E-state index contributed by atoms with van der Waals surface area (Å²) in [6.45, 7) is 0.735. The lowest BCUT2D eigenvalue weighted by Gasteiger charge is -2.07. The molecule has 0 spiro atoms. The zero-order chi connectivity index (χ0) is 10.1. The first-order valence-corrected chi connectivity index (χ1v) is 5.11. The van der Waals surface area contributed by atoms with Gasteiger partial charge in [0.25, 0.3) is 0 Å². The van der Waals surface area contributed by atoms with Crippen LogP contribution in [0, 0.1) is 6.07 Å². The van der Waals surface area contributed by atoms with Gasteiger partial charge in [-0.05, 0) is 36.6 Å². The Labute approximate surface area is 88.0 Å². The summed E-state index contributed by atoms with van der Waals surface area (Å²) in [5.74, 6) is 0.847. The number of hydrogen-bond donors (Lipinski definition) is 1. The lowest BCUT2D eigenvalue weighted by molar-refractivity contribution is 0.195. The Morgan fingerprint density at radius 3 is 3.47 bits per heavy atom. The predicted molar refractivity (Wildman–Crippen MR) is 58.5 cm³/mol. The van der Waals surface area contributed by atoms with Gasteiger partial charge in [0.05, 0.1) is 12.1 Å². The zero-order valence-electron chi connectivity index (χ0n) is 8.29. The molecule has 2 heterocycles. The first-order valence-electron chi connectivity index (χ1n) is 5.11. The largest absolute Gasteiger partial charge is 0.275 e. The molecule has 15 heavy (non-hydrogen) atoms. The van der Waals surface area contributed by atoms with Crippen molar-refractivity contribution in [2.75, 3.05) is 12.1 Å². The average Bonchev–Trinajstić information content (AvgIpc) is 2.50. The molecule has 3 rings (SSSR count). The SMILES string of the molecule is [c]1ccc2cc3c(nc2c1)NOCCC3. The zero-order valence-corrected chi connectivity index (χ0v) is 8.29. The summed E-state index contributed by atoms with van der Waals surface area (Å²) in [6, 6.07) is 11.0. The standard InChI is InChI=1S/C12H11N2O/c1-2-6-11-9(4-1)8-10-5-3-7-15-14-12(10)13-11/h1,4,6,8H,3,5,7H2,(H,13,14). The Balaban J connectivity index is 2.20. The Bertz CT molecular complexity index is 451. The molecule has 1 aliphatic heterocycles. The fraction of sp³-hybridized carbons (Fsp3) is 0.250. The van der Waals surface area contributed by atoms with E-state index >= 15 is 0 Å². The normalized spacial score (nSPS) is 15.5. The van der Waals surface area contributed by atoms with Crippen LogP contribution in [0.5, 0.6) is 0 Å².